The van der Waals surface area contributed by atoms with Crippen LogP contribution in [0.1, 0.15) is 11.4 Å². The van der Waals surface area contributed by atoms with Crippen molar-refractivity contribution in [2.45, 2.75) is 17.9 Å². The maximum atomic E-state index is 12.7. The standard InChI is InChI=1S/C22H18N4O3S/c1-13-20(14-7-9-16(28-2)10-8-14)21-23-15(11-19(27)26(21)25-13)12-30-22-24-17-5-3-4-6-18(17)29-22/h3-11,25H,12H2,1-2H3. The van der Waals surface area contributed by atoms with Crippen molar-refractivity contribution in [1.29, 1.82) is 0 Å². The summed E-state index contributed by atoms with van der Waals surface area (Å²) in [6.07, 6.45) is 0. The van der Waals surface area contributed by atoms with Crippen molar-refractivity contribution < 1.29 is 9.15 Å². The quantitative estimate of drug-likeness (QED) is 0.425. The van der Waals surface area contributed by atoms with Crippen LogP contribution in [0.3, 0.4) is 0 Å². The fourth-order valence-corrected chi connectivity index (χ4v) is 4.15. The number of H-pyrrole nitrogens is 1. The largest absolute Gasteiger partial charge is 0.497 e. The predicted octanol–water partition coefficient (Wildman–Crippen LogP) is 4.44. The van der Waals surface area contributed by atoms with E-state index in [0.717, 1.165) is 33.7 Å². The Morgan fingerprint density at radius 3 is 2.70 bits per heavy atom. The van der Waals surface area contributed by atoms with Gasteiger partial charge < -0.3 is 9.15 Å². The van der Waals surface area contributed by atoms with Gasteiger partial charge in [0.2, 0.25) is 0 Å². The predicted molar refractivity (Wildman–Crippen MR) is 116 cm³/mol. The lowest BCUT2D eigenvalue weighted by atomic mass is 10.1. The second kappa shape index (κ2) is 7.38. The van der Waals surface area contributed by atoms with E-state index in [4.69, 9.17) is 14.1 Å². The van der Waals surface area contributed by atoms with Gasteiger partial charge in [0.05, 0.1) is 12.8 Å². The molecule has 0 unspecified atom stereocenters. The van der Waals surface area contributed by atoms with E-state index in [9.17, 15) is 4.79 Å². The molecular formula is C22H18N4O3S. The van der Waals surface area contributed by atoms with E-state index in [2.05, 4.69) is 10.1 Å². The Labute approximate surface area is 175 Å². The summed E-state index contributed by atoms with van der Waals surface area (Å²) >= 11 is 1.41. The smallest absolute Gasteiger partial charge is 0.272 e. The van der Waals surface area contributed by atoms with Gasteiger partial charge in [-0.15, -0.1) is 0 Å². The molecule has 150 valence electrons. The number of aromatic amines is 1. The van der Waals surface area contributed by atoms with Crippen LogP contribution in [-0.4, -0.2) is 26.7 Å². The third-order valence-corrected chi connectivity index (χ3v) is 5.71. The van der Waals surface area contributed by atoms with Crippen LogP contribution in [0.2, 0.25) is 0 Å². The minimum Gasteiger partial charge on any atom is -0.497 e. The molecule has 8 heteroatoms. The number of thioether (sulfide) groups is 1. The van der Waals surface area contributed by atoms with Gasteiger partial charge in [-0.05, 0) is 36.8 Å². The molecule has 0 spiro atoms. The van der Waals surface area contributed by atoms with Gasteiger partial charge in [-0.25, -0.2) is 14.5 Å². The van der Waals surface area contributed by atoms with Crippen molar-refractivity contribution in [3.05, 3.63) is 76.3 Å². The minimum absolute atomic E-state index is 0.156. The molecule has 0 fully saturated rings. The zero-order valence-corrected chi connectivity index (χ0v) is 17.2. The molecular weight excluding hydrogens is 400 g/mol. The molecule has 2 aromatic carbocycles. The highest BCUT2D eigenvalue weighted by Gasteiger charge is 2.15. The number of oxazole rings is 1. The highest BCUT2D eigenvalue weighted by Crippen LogP contribution is 2.29. The molecule has 0 aliphatic heterocycles. The molecule has 3 heterocycles. The topological polar surface area (TPSA) is 85.4 Å². The summed E-state index contributed by atoms with van der Waals surface area (Å²) in [6, 6.07) is 16.9. The first-order valence-electron chi connectivity index (χ1n) is 9.36. The molecule has 5 rings (SSSR count). The average molecular weight is 418 g/mol. The lowest BCUT2D eigenvalue weighted by molar-refractivity contribution is 0.415. The molecule has 0 saturated carbocycles. The van der Waals surface area contributed by atoms with Crippen LogP contribution >= 0.6 is 11.8 Å². The number of nitrogens with one attached hydrogen (secondary N) is 1. The Morgan fingerprint density at radius 1 is 1.13 bits per heavy atom. The van der Waals surface area contributed by atoms with Crippen LogP contribution in [0.15, 0.2) is 69.0 Å². The van der Waals surface area contributed by atoms with Gasteiger partial charge in [0.1, 0.15) is 11.3 Å². The highest BCUT2D eigenvalue weighted by molar-refractivity contribution is 7.98. The third-order valence-electron chi connectivity index (χ3n) is 4.85. The summed E-state index contributed by atoms with van der Waals surface area (Å²) < 4.78 is 12.5. The average Bonchev–Trinajstić information content (AvgIpc) is 3.33. The van der Waals surface area contributed by atoms with Gasteiger partial charge in [0.15, 0.2) is 11.2 Å². The van der Waals surface area contributed by atoms with Crippen LogP contribution < -0.4 is 10.3 Å². The molecule has 0 saturated heterocycles. The van der Waals surface area contributed by atoms with E-state index >= 15 is 0 Å². The van der Waals surface area contributed by atoms with E-state index in [1.54, 1.807) is 7.11 Å². The maximum Gasteiger partial charge on any atom is 0.272 e. The molecule has 7 nitrogen and oxygen atoms in total. The number of rotatable bonds is 5. The third kappa shape index (κ3) is 3.25. The summed E-state index contributed by atoms with van der Waals surface area (Å²) in [5.74, 6) is 1.25. The number of ether oxygens (including phenoxy) is 1. The van der Waals surface area contributed by atoms with Crippen molar-refractivity contribution in [1.82, 2.24) is 19.6 Å². The van der Waals surface area contributed by atoms with Gasteiger partial charge >= 0.3 is 0 Å². The second-order valence-corrected chi connectivity index (χ2v) is 7.75. The second-order valence-electron chi connectivity index (χ2n) is 6.82. The Morgan fingerprint density at radius 2 is 1.93 bits per heavy atom. The number of methoxy groups -OCH3 is 1. The normalized spacial score (nSPS) is 11.4. The van der Waals surface area contributed by atoms with Gasteiger partial charge in [0.25, 0.3) is 10.8 Å². The molecule has 5 aromatic rings. The summed E-state index contributed by atoms with van der Waals surface area (Å²) in [4.78, 5) is 21.9. The SMILES string of the molecule is COc1ccc(-c2c(C)[nH]n3c(=O)cc(CSc4nc5ccccc5o4)nc23)cc1. The van der Waals surface area contributed by atoms with Crippen LogP contribution in [0.5, 0.6) is 5.75 Å². The zero-order valence-electron chi connectivity index (χ0n) is 16.4. The van der Waals surface area contributed by atoms with Crippen molar-refractivity contribution in [2.75, 3.05) is 7.11 Å². The van der Waals surface area contributed by atoms with Crippen molar-refractivity contribution >= 4 is 28.5 Å². The van der Waals surface area contributed by atoms with Crippen molar-refractivity contribution in [3.8, 4) is 16.9 Å². The van der Waals surface area contributed by atoms with E-state index in [0.29, 0.717) is 22.3 Å². The lowest BCUT2D eigenvalue weighted by Crippen LogP contribution is -2.15. The molecule has 0 radical (unpaired) electrons. The van der Waals surface area contributed by atoms with E-state index in [1.807, 2.05) is 55.5 Å². The van der Waals surface area contributed by atoms with E-state index < -0.39 is 0 Å². The van der Waals surface area contributed by atoms with Crippen LogP contribution in [0.4, 0.5) is 0 Å². The number of nitrogens with zero attached hydrogens (tertiary/aromatic N) is 3. The van der Waals surface area contributed by atoms with Crippen LogP contribution in [0, 0.1) is 6.92 Å². The summed E-state index contributed by atoms with van der Waals surface area (Å²) in [6.45, 7) is 1.93. The molecule has 3 aromatic heterocycles. The maximum absolute atomic E-state index is 12.7. The molecule has 0 atom stereocenters. The Hall–Kier alpha value is -3.52. The van der Waals surface area contributed by atoms with Crippen molar-refractivity contribution in [2.24, 2.45) is 0 Å². The summed E-state index contributed by atoms with van der Waals surface area (Å²) in [7, 11) is 1.63. The number of fused-ring (bicyclic) bond motifs is 2. The Balaban J connectivity index is 1.50. The molecule has 0 aliphatic carbocycles. The van der Waals surface area contributed by atoms with Crippen LogP contribution in [-0.2, 0) is 5.75 Å². The number of benzene rings is 2. The first kappa shape index (κ1) is 18.5. The number of aryl methyl sites for hydroxylation is 1. The Kier molecular flexibility index (Phi) is 4.55. The van der Waals surface area contributed by atoms with Crippen LogP contribution in [0.25, 0.3) is 27.9 Å². The van der Waals surface area contributed by atoms with Gasteiger partial charge in [0, 0.05) is 23.1 Å². The van der Waals surface area contributed by atoms with Gasteiger partial charge in [-0.2, -0.15) is 0 Å². The zero-order chi connectivity index (χ0) is 20.7. The first-order valence-corrected chi connectivity index (χ1v) is 10.3. The molecule has 0 bridgehead atoms. The fraction of sp³-hybridized carbons (Fsp3) is 0.136. The number of hydrogen-bond donors (Lipinski definition) is 1. The van der Waals surface area contributed by atoms with Gasteiger partial charge in [-0.3, -0.25) is 9.89 Å². The molecule has 0 amide bonds. The summed E-state index contributed by atoms with van der Waals surface area (Å²) in [5, 5.41) is 3.67. The molecule has 1 N–H and O–H groups in total. The number of aromatic nitrogens is 4. The Bertz CT molecular complexity index is 1380. The van der Waals surface area contributed by atoms with Gasteiger partial charge in [-0.1, -0.05) is 36.0 Å². The highest BCUT2D eigenvalue weighted by atomic mass is 32.2. The monoisotopic (exact) mass is 418 g/mol. The fourth-order valence-electron chi connectivity index (χ4n) is 3.42. The number of hydrogen-bond acceptors (Lipinski definition) is 6. The molecule has 0 aliphatic rings. The first-order chi connectivity index (χ1) is 14.6. The lowest BCUT2D eigenvalue weighted by Gasteiger charge is -2.04. The number of para-hydroxylation sites is 2. The van der Waals surface area contributed by atoms with Crippen molar-refractivity contribution in [3.63, 3.8) is 0 Å². The minimum atomic E-state index is -0.156. The van der Waals surface area contributed by atoms with E-state index in [-0.39, 0.29) is 5.56 Å². The summed E-state index contributed by atoms with van der Waals surface area (Å²) in [5.41, 5.74) is 5.38. The molecule has 30 heavy (non-hydrogen) atoms. The van der Waals surface area contributed by atoms with E-state index in [1.165, 1.54) is 22.3 Å².